The monoisotopic (exact) mass is 574 g/mol. The van der Waals surface area contributed by atoms with Gasteiger partial charge in [0.2, 0.25) is 0 Å². The Morgan fingerprint density at radius 2 is 1.83 bits per heavy atom. The lowest BCUT2D eigenvalue weighted by atomic mass is 10.1. The molecular formula is C33H46N6O3. The normalized spacial score (nSPS) is 10.8. The molecule has 9 heteroatoms. The van der Waals surface area contributed by atoms with Crippen LogP contribution in [0.5, 0.6) is 11.5 Å². The maximum Gasteiger partial charge on any atom is 0.163 e. The second-order valence-electron chi connectivity index (χ2n) is 10.0. The largest absolute Gasteiger partial charge is 0.509 e. The summed E-state index contributed by atoms with van der Waals surface area (Å²) in [6, 6.07) is 14.3. The average Bonchev–Trinajstić information content (AvgIpc) is 3.41. The Bertz CT molecular complexity index is 1390. The van der Waals surface area contributed by atoms with Gasteiger partial charge in [0.15, 0.2) is 11.5 Å². The summed E-state index contributed by atoms with van der Waals surface area (Å²) in [7, 11) is 4.04. The van der Waals surface area contributed by atoms with Gasteiger partial charge in [-0.2, -0.15) is 0 Å². The molecule has 0 amide bonds. The number of unbranched alkanes of at least 4 members (excludes halogenated alkanes) is 1. The molecule has 42 heavy (non-hydrogen) atoms. The molecule has 0 aliphatic rings. The number of benzene rings is 2. The fraction of sp³-hybridized carbons (Fsp3) is 0.394. The summed E-state index contributed by atoms with van der Waals surface area (Å²) in [4.78, 5) is 14.4. The highest BCUT2D eigenvalue weighted by Gasteiger charge is 2.15. The zero-order valence-corrected chi connectivity index (χ0v) is 25.7. The van der Waals surface area contributed by atoms with Gasteiger partial charge in [-0.25, -0.2) is 9.97 Å². The number of rotatable bonds is 16. The molecule has 2 heterocycles. The minimum Gasteiger partial charge on any atom is -0.509 e. The number of hydrogen-bond acceptors (Lipinski definition) is 8. The molecule has 0 aliphatic heterocycles. The van der Waals surface area contributed by atoms with Crippen molar-refractivity contribution in [2.45, 2.75) is 46.6 Å². The van der Waals surface area contributed by atoms with E-state index < -0.39 is 0 Å². The zero-order chi connectivity index (χ0) is 30.3. The van der Waals surface area contributed by atoms with Crippen LogP contribution in [0.15, 0.2) is 67.3 Å². The summed E-state index contributed by atoms with van der Waals surface area (Å²) in [5.74, 6) is 1.78. The molecule has 0 aliphatic carbocycles. The van der Waals surface area contributed by atoms with Crippen LogP contribution in [0.2, 0.25) is 0 Å². The number of aliphatic hydroxyl groups is 1. The molecule has 0 atom stereocenters. The van der Waals surface area contributed by atoms with Gasteiger partial charge in [-0.15, -0.1) is 0 Å². The van der Waals surface area contributed by atoms with Crippen LogP contribution in [0.25, 0.3) is 11.0 Å². The van der Waals surface area contributed by atoms with Crippen LogP contribution in [-0.4, -0.2) is 65.4 Å². The molecule has 9 nitrogen and oxygen atoms in total. The molecule has 0 radical (unpaired) electrons. The number of aromatic amines is 1. The molecule has 2 aromatic heterocycles. The van der Waals surface area contributed by atoms with Crippen LogP contribution in [-0.2, 0) is 13.0 Å². The number of aliphatic hydroxyl groups excluding tert-OH is 1. The second-order valence-corrected chi connectivity index (χ2v) is 10.0. The summed E-state index contributed by atoms with van der Waals surface area (Å²) in [5.41, 5.74) is 5.26. The number of H-pyrrole nitrogens is 1. The van der Waals surface area contributed by atoms with Gasteiger partial charge in [-0.05, 0) is 63.5 Å². The predicted molar refractivity (Wildman–Crippen MR) is 172 cm³/mol. The van der Waals surface area contributed by atoms with Crippen molar-refractivity contribution in [1.82, 2.24) is 25.2 Å². The number of nitrogens with zero attached hydrogens (tertiary/aromatic N) is 3. The lowest BCUT2D eigenvalue weighted by Gasteiger charge is -2.17. The fourth-order valence-electron chi connectivity index (χ4n) is 4.40. The molecule has 226 valence electrons. The Hall–Kier alpha value is -4.08. The first-order valence-corrected chi connectivity index (χ1v) is 14.7. The molecule has 4 N–H and O–H groups in total. The summed E-state index contributed by atoms with van der Waals surface area (Å²) in [6.45, 7) is 12.8. The maximum absolute atomic E-state index is 9.63. The number of nitrogens with one attached hydrogen (secondary N) is 3. The maximum atomic E-state index is 9.63. The van der Waals surface area contributed by atoms with Gasteiger partial charge in [0, 0.05) is 37.6 Å². The van der Waals surface area contributed by atoms with Gasteiger partial charge in [-0.1, -0.05) is 50.3 Å². The van der Waals surface area contributed by atoms with Crippen molar-refractivity contribution in [2.75, 3.05) is 45.7 Å². The Kier molecular flexibility index (Phi) is 13.1. The minimum absolute atomic E-state index is 0.0219. The number of aryl methyl sites for hydroxylation is 2. The number of likely N-dealkylation sites (N-methyl/N-ethyl adjacent to an activating group) is 2. The van der Waals surface area contributed by atoms with E-state index in [9.17, 15) is 5.11 Å². The van der Waals surface area contributed by atoms with Crippen molar-refractivity contribution < 1.29 is 14.6 Å². The molecule has 2 aromatic carbocycles. The van der Waals surface area contributed by atoms with Crippen LogP contribution in [0.4, 0.5) is 11.5 Å². The highest BCUT2D eigenvalue weighted by atomic mass is 16.5. The van der Waals surface area contributed by atoms with Crippen molar-refractivity contribution in [3.63, 3.8) is 0 Å². The summed E-state index contributed by atoms with van der Waals surface area (Å²) in [5, 5.41) is 17.2. The third kappa shape index (κ3) is 9.78. The Morgan fingerprint density at radius 3 is 2.57 bits per heavy atom. The van der Waals surface area contributed by atoms with E-state index in [0.717, 1.165) is 61.2 Å². The van der Waals surface area contributed by atoms with Gasteiger partial charge in [0.1, 0.15) is 30.2 Å². The molecule has 0 saturated carbocycles. The van der Waals surface area contributed by atoms with Crippen LogP contribution in [0.3, 0.4) is 0 Å². The Balaban J connectivity index is 0.00000237. The summed E-state index contributed by atoms with van der Waals surface area (Å²) < 4.78 is 11.9. The third-order valence-electron chi connectivity index (χ3n) is 6.57. The summed E-state index contributed by atoms with van der Waals surface area (Å²) in [6.07, 6.45) is 6.48. The van der Waals surface area contributed by atoms with E-state index in [1.165, 1.54) is 17.5 Å². The molecule has 0 spiro atoms. The van der Waals surface area contributed by atoms with Gasteiger partial charge in [0.05, 0.1) is 12.0 Å². The number of anilines is 2. The van der Waals surface area contributed by atoms with Crippen LogP contribution < -0.4 is 20.1 Å². The van der Waals surface area contributed by atoms with Crippen molar-refractivity contribution in [2.24, 2.45) is 0 Å². The van der Waals surface area contributed by atoms with E-state index in [1.807, 2.05) is 45.3 Å². The van der Waals surface area contributed by atoms with Crippen LogP contribution >= 0.6 is 0 Å². The van der Waals surface area contributed by atoms with Gasteiger partial charge in [0.25, 0.3) is 0 Å². The first kappa shape index (κ1) is 32.4. The molecule has 4 aromatic rings. The average molecular weight is 575 g/mol. The standard InChI is InChI=1S/C31H40N6O3.C2H6/c1-22-8-10-24(11-9-22)7-5-6-16-39-27-13-12-26(17-28(27)40-20-23(2)38)36-31-29-25(19-37(4)15-14-32-3)18-33-30(29)34-21-35-31;1-2/h8-13,17-18,21,32,38H,2,5-7,14-16,19-20H2,1,3-4H3,(H2,33,34,35,36);1-2H3. The van der Waals surface area contributed by atoms with Crippen molar-refractivity contribution in [1.29, 1.82) is 0 Å². The first-order valence-electron chi connectivity index (χ1n) is 14.7. The number of ether oxygens (including phenoxy) is 2. The predicted octanol–water partition coefficient (Wildman–Crippen LogP) is 6.54. The van der Waals surface area contributed by atoms with Gasteiger partial charge < -0.3 is 35.1 Å². The van der Waals surface area contributed by atoms with Crippen LogP contribution in [0.1, 0.15) is 43.4 Å². The molecule has 0 saturated heterocycles. The van der Waals surface area contributed by atoms with Gasteiger partial charge in [-0.3, -0.25) is 0 Å². The number of fused-ring (bicyclic) bond motifs is 1. The van der Waals surface area contributed by atoms with E-state index in [4.69, 9.17) is 9.47 Å². The van der Waals surface area contributed by atoms with Crippen molar-refractivity contribution >= 4 is 22.5 Å². The third-order valence-corrected chi connectivity index (χ3v) is 6.57. The zero-order valence-electron chi connectivity index (χ0n) is 25.7. The summed E-state index contributed by atoms with van der Waals surface area (Å²) >= 11 is 0. The number of aromatic nitrogens is 3. The molecule has 0 bridgehead atoms. The minimum atomic E-state index is -0.0562. The first-order chi connectivity index (χ1) is 20.4. The fourth-order valence-corrected chi connectivity index (χ4v) is 4.40. The topological polar surface area (TPSA) is 108 Å². The second kappa shape index (κ2) is 17.0. The Labute approximate surface area is 250 Å². The van der Waals surface area contributed by atoms with Crippen molar-refractivity contribution in [3.05, 3.63) is 84.0 Å². The van der Waals surface area contributed by atoms with E-state index in [0.29, 0.717) is 23.9 Å². The number of hydrogen-bond donors (Lipinski definition) is 4. The van der Waals surface area contributed by atoms with E-state index in [1.54, 1.807) is 0 Å². The highest BCUT2D eigenvalue weighted by Crippen LogP contribution is 2.34. The molecule has 0 unspecified atom stereocenters. The van der Waals surface area contributed by atoms with Crippen LogP contribution in [0, 0.1) is 6.92 Å². The van der Waals surface area contributed by atoms with Crippen molar-refractivity contribution in [3.8, 4) is 11.5 Å². The van der Waals surface area contributed by atoms with Gasteiger partial charge >= 0.3 is 0 Å². The smallest absolute Gasteiger partial charge is 0.163 e. The Morgan fingerprint density at radius 1 is 1.05 bits per heavy atom. The molecule has 4 rings (SSSR count). The molecule has 0 fully saturated rings. The van der Waals surface area contributed by atoms with E-state index >= 15 is 0 Å². The van der Waals surface area contributed by atoms with E-state index in [-0.39, 0.29) is 12.4 Å². The lowest BCUT2D eigenvalue weighted by Crippen LogP contribution is -2.26. The lowest BCUT2D eigenvalue weighted by molar-refractivity contribution is 0.247. The van der Waals surface area contributed by atoms with E-state index in [2.05, 4.69) is 75.3 Å². The quantitative estimate of drug-likeness (QED) is 0.0883. The highest BCUT2D eigenvalue weighted by molar-refractivity contribution is 5.92. The molecular weight excluding hydrogens is 528 g/mol. The SMILES string of the molecule is C=C(O)COc1cc(Nc2ncnc3[nH]cc(CN(C)CCNC)c23)ccc1OCCCCc1ccc(C)cc1.CC.